The first kappa shape index (κ1) is 25.4. The van der Waals surface area contributed by atoms with Crippen molar-refractivity contribution in [3.8, 4) is 0 Å². The minimum atomic E-state index is -0.955. The van der Waals surface area contributed by atoms with Crippen molar-refractivity contribution in [1.82, 2.24) is 0 Å². The maximum Gasteiger partial charge on any atom is 0.312 e. The number of ether oxygens (including phenoxy) is 3. The monoisotopic (exact) mass is 438 g/mol. The van der Waals surface area contributed by atoms with Crippen LogP contribution < -0.4 is 0 Å². The fourth-order valence-electron chi connectivity index (χ4n) is 5.45. The maximum atomic E-state index is 12.6. The van der Waals surface area contributed by atoms with Crippen molar-refractivity contribution in [2.75, 3.05) is 13.7 Å². The Balaban J connectivity index is 2.19. The van der Waals surface area contributed by atoms with E-state index < -0.39 is 29.6 Å². The standard InChI is InChI=1S/C24H38O7/c1-15-9-10-19-18(8-7-12-24(19,5)22(28)29-6)23(15,4)13-11-20(27)21(31-17(3)26)14-30-16(2)25/h8,15,19-21,27H,7,9-14H2,1-6H3/t15-,19?,20+,21-,23+,24?/m1/s1. The molecule has 2 aliphatic carbocycles. The number of aliphatic hydroxyl groups excluding tert-OH is 1. The van der Waals surface area contributed by atoms with Crippen molar-refractivity contribution in [2.24, 2.45) is 22.7 Å². The molecular weight excluding hydrogens is 400 g/mol. The van der Waals surface area contributed by atoms with Gasteiger partial charge in [-0.3, -0.25) is 14.4 Å². The molecule has 176 valence electrons. The summed E-state index contributed by atoms with van der Waals surface area (Å²) in [5.74, 6) is -0.677. The summed E-state index contributed by atoms with van der Waals surface area (Å²) in [7, 11) is 1.45. The summed E-state index contributed by atoms with van der Waals surface area (Å²) < 4.78 is 15.3. The van der Waals surface area contributed by atoms with Crippen molar-refractivity contribution in [1.29, 1.82) is 0 Å². The van der Waals surface area contributed by atoms with Crippen LogP contribution in [0.5, 0.6) is 0 Å². The zero-order valence-electron chi connectivity index (χ0n) is 19.7. The molecular formula is C24H38O7. The molecule has 0 radical (unpaired) electrons. The lowest BCUT2D eigenvalue weighted by Gasteiger charge is -2.53. The number of carbonyl (C=O) groups excluding carboxylic acids is 3. The number of rotatable bonds is 8. The molecule has 0 spiro atoms. The van der Waals surface area contributed by atoms with E-state index in [0.717, 1.165) is 25.7 Å². The van der Waals surface area contributed by atoms with E-state index in [4.69, 9.17) is 14.2 Å². The predicted octanol–water partition coefficient (Wildman–Crippen LogP) is 3.57. The molecule has 1 saturated carbocycles. The third-order valence-electron chi connectivity index (χ3n) is 7.62. The van der Waals surface area contributed by atoms with Crippen molar-refractivity contribution in [3.05, 3.63) is 11.6 Å². The highest BCUT2D eigenvalue weighted by atomic mass is 16.6. The van der Waals surface area contributed by atoms with Crippen molar-refractivity contribution >= 4 is 17.9 Å². The van der Waals surface area contributed by atoms with Gasteiger partial charge in [-0.25, -0.2) is 0 Å². The van der Waals surface area contributed by atoms with Gasteiger partial charge in [-0.2, -0.15) is 0 Å². The number of fused-ring (bicyclic) bond motifs is 1. The Hall–Kier alpha value is -1.89. The highest BCUT2D eigenvalue weighted by Crippen LogP contribution is 2.58. The van der Waals surface area contributed by atoms with E-state index in [9.17, 15) is 19.5 Å². The number of allylic oxidation sites excluding steroid dienone is 2. The summed E-state index contributed by atoms with van der Waals surface area (Å²) in [5, 5.41) is 10.8. The van der Waals surface area contributed by atoms with Crippen molar-refractivity contribution in [3.63, 3.8) is 0 Å². The lowest BCUT2D eigenvalue weighted by molar-refractivity contribution is -0.164. The van der Waals surface area contributed by atoms with Gasteiger partial charge in [0.25, 0.3) is 0 Å². The SMILES string of the molecule is COC(=O)C1(C)CCC=C2C1CC[C@@H](C)[C@]2(C)CC[C@H](O)[C@@H](COC(C)=O)OC(C)=O. The highest BCUT2D eigenvalue weighted by Gasteiger charge is 2.53. The molecule has 7 heteroatoms. The molecule has 1 N–H and O–H groups in total. The van der Waals surface area contributed by atoms with Gasteiger partial charge in [-0.05, 0) is 62.7 Å². The summed E-state index contributed by atoms with van der Waals surface area (Å²) in [6.45, 7) is 8.80. The molecule has 0 aromatic heterocycles. The van der Waals surface area contributed by atoms with Gasteiger partial charge in [0.05, 0.1) is 18.6 Å². The minimum Gasteiger partial charge on any atom is -0.469 e. The molecule has 0 amide bonds. The minimum absolute atomic E-state index is 0.123. The van der Waals surface area contributed by atoms with E-state index >= 15 is 0 Å². The Morgan fingerprint density at radius 2 is 1.87 bits per heavy atom. The van der Waals surface area contributed by atoms with Crippen molar-refractivity contribution < 1.29 is 33.7 Å². The van der Waals surface area contributed by atoms with Gasteiger partial charge in [0.15, 0.2) is 6.10 Å². The molecule has 0 aromatic carbocycles. The average molecular weight is 439 g/mol. The predicted molar refractivity (Wildman–Crippen MR) is 115 cm³/mol. The van der Waals surface area contributed by atoms with Crippen LogP contribution >= 0.6 is 0 Å². The fourth-order valence-corrected chi connectivity index (χ4v) is 5.45. The topological polar surface area (TPSA) is 99.1 Å². The molecule has 7 nitrogen and oxygen atoms in total. The molecule has 0 aliphatic heterocycles. The van der Waals surface area contributed by atoms with E-state index in [1.165, 1.54) is 26.5 Å². The molecule has 0 heterocycles. The van der Waals surface area contributed by atoms with Crippen LogP contribution in [0.25, 0.3) is 0 Å². The van der Waals surface area contributed by atoms with Crippen LogP contribution in [0.4, 0.5) is 0 Å². The molecule has 0 aromatic rings. The Labute approximate surface area is 185 Å². The Bertz CT molecular complexity index is 715. The van der Waals surface area contributed by atoms with Gasteiger partial charge in [-0.1, -0.05) is 25.5 Å². The quantitative estimate of drug-likeness (QED) is 0.351. The van der Waals surface area contributed by atoms with E-state index in [2.05, 4.69) is 19.9 Å². The van der Waals surface area contributed by atoms with Crippen LogP contribution in [0.3, 0.4) is 0 Å². The molecule has 2 unspecified atom stereocenters. The summed E-state index contributed by atoms with van der Waals surface area (Å²) in [6.07, 6.45) is 5.01. The summed E-state index contributed by atoms with van der Waals surface area (Å²) >= 11 is 0. The number of methoxy groups -OCH3 is 1. The summed E-state index contributed by atoms with van der Waals surface area (Å²) in [5.41, 5.74) is 0.553. The molecule has 0 bridgehead atoms. The Kier molecular flexibility index (Phi) is 8.31. The van der Waals surface area contributed by atoms with Crippen LogP contribution in [0.2, 0.25) is 0 Å². The number of esters is 3. The lowest BCUT2D eigenvalue weighted by Crippen LogP contribution is -2.48. The van der Waals surface area contributed by atoms with Gasteiger partial charge >= 0.3 is 17.9 Å². The average Bonchev–Trinajstić information content (AvgIpc) is 2.71. The second-order valence-electron chi connectivity index (χ2n) is 9.61. The van der Waals surface area contributed by atoms with Gasteiger partial charge in [0.1, 0.15) is 6.61 Å². The van der Waals surface area contributed by atoms with Gasteiger partial charge in [0, 0.05) is 13.8 Å². The molecule has 31 heavy (non-hydrogen) atoms. The van der Waals surface area contributed by atoms with Crippen molar-refractivity contribution in [2.45, 2.75) is 85.4 Å². The van der Waals surface area contributed by atoms with Gasteiger partial charge in [0.2, 0.25) is 0 Å². The number of hydrogen-bond acceptors (Lipinski definition) is 7. The van der Waals surface area contributed by atoms with Crippen LogP contribution in [-0.4, -0.2) is 48.9 Å². The first-order chi connectivity index (χ1) is 14.5. The second-order valence-corrected chi connectivity index (χ2v) is 9.61. The first-order valence-corrected chi connectivity index (χ1v) is 11.2. The largest absolute Gasteiger partial charge is 0.469 e. The third-order valence-corrected chi connectivity index (χ3v) is 7.62. The molecule has 0 saturated heterocycles. The van der Waals surface area contributed by atoms with Gasteiger partial charge < -0.3 is 19.3 Å². The highest BCUT2D eigenvalue weighted by molar-refractivity contribution is 5.77. The smallest absolute Gasteiger partial charge is 0.312 e. The summed E-state index contributed by atoms with van der Waals surface area (Å²) in [6, 6.07) is 0. The first-order valence-electron chi connectivity index (χ1n) is 11.2. The third kappa shape index (κ3) is 5.48. The maximum absolute atomic E-state index is 12.6. The van der Waals surface area contributed by atoms with E-state index in [1.54, 1.807) is 0 Å². The van der Waals surface area contributed by atoms with Crippen LogP contribution in [0, 0.1) is 22.7 Å². The lowest BCUT2D eigenvalue weighted by atomic mass is 9.51. The summed E-state index contributed by atoms with van der Waals surface area (Å²) in [4.78, 5) is 35.3. The molecule has 2 aliphatic rings. The fraction of sp³-hybridized carbons (Fsp3) is 0.792. The number of aliphatic hydroxyl groups is 1. The number of carbonyl (C=O) groups is 3. The molecule has 2 rings (SSSR count). The van der Waals surface area contributed by atoms with Crippen LogP contribution in [-0.2, 0) is 28.6 Å². The Morgan fingerprint density at radius 3 is 2.45 bits per heavy atom. The Morgan fingerprint density at radius 1 is 1.19 bits per heavy atom. The van der Waals surface area contributed by atoms with E-state index in [1.807, 2.05) is 6.92 Å². The van der Waals surface area contributed by atoms with Gasteiger partial charge in [-0.15, -0.1) is 0 Å². The van der Waals surface area contributed by atoms with E-state index in [0.29, 0.717) is 18.8 Å². The van der Waals surface area contributed by atoms with Crippen LogP contribution in [0.1, 0.15) is 73.1 Å². The van der Waals surface area contributed by atoms with Crippen LogP contribution in [0.15, 0.2) is 11.6 Å². The number of hydrogen-bond donors (Lipinski definition) is 1. The normalized spacial score (nSPS) is 32.2. The second kappa shape index (κ2) is 10.2. The zero-order valence-corrected chi connectivity index (χ0v) is 19.7. The van der Waals surface area contributed by atoms with E-state index in [-0.39, 0.29) is 23.9 Å². The zero-order chi connectivity index (χ0) is 23.4. The molecule has 6 atom stereocenters. The molecule has 1 fully saturated rings.